The van der Waals surface area contributed by atoms with Crippen molar-refractivity contribution in [2.75, 3.05) is 26.5 Å². The molecule has 0 atom stereocenters. The standard InChI is InChI=1S/C14H21NO3S/c1-4-9-15-13(16)10-19-12-7-5-11(6-8-12)14(17-2)18-3/h5-8,14H,4,9-10H2,1-3H3,(H,15,16). The number of benzene rings is 1. The Bertz CT molecular complexity index is 377. The van der Waals surface area contributed by atoms with Crippen LogP contribution in [0.3, 0.4) is 0 Å². The normalized spacial score (nSPS) is 10.7. The molecule has 0 radical (unpaired) electrons. The lowest BCUT2D eigenvalue weighted by Gasteiger charge is -2.13. The fraction of sp³-hybridized carbons (Fsp3) is 0.500. The third-order valence-electron chi connectivity index (χ3n) is 2.52. The van der Waals surface area contributed by atoms with Gasteiger partial charge in [-0.05, 0) is 18.6 Å². The molecule has 0 fully saturated rings. The zero-order valence-electron chi connectivity index (χ0n) is 11.6. The van der Waals surface area contributed by atoms with Crippen molar-refractivity contribution in [2.24, 2.45) is 0 Å². The van der Waals surface area contributed by atoms with Crippen molar-refractivity contribution < 1.29 is 14.3 Å². The second-order valence-corrected chi connectivity index (χ2v) is 5.06. The molecule has 0 saturated carbocycles. The lowest BCUT2D eigenvalue weighted by Crippen LogP contribution is -2.25. The Morgan fingerprint density at radius 1 is 1.26 bits per heavy atom. The SMILES string of the molecule is CCCNC(=O)CSc1ccc(C(OC)OC)cc1. The van der Waals surface area contributed by atoms with Crippen LogP contribution in [0.1, 0.15) is 25.2 Å². The summed E-state index contributed by atoms with van der Waals surface area (Å²) in [5, 5.41) is 2.85. The minimum atomic E-state index is -0.341. The first-order chi connectivity index (χ1) is 9.21. The zero-order chi connectivity index (χ0) is 14.1. The van der Waals surface area contributed by atoms with Gasteiger partial charge in [0.05, 0.1) is 5.75 Å². The average Bonchev–Trinajstić information content (AvgIpc) is 2.45. The maximum absolute atomic E-state index is 11.5. The van der Waals surface area contributed by atoms with Crippen LogP contribution in [0, 0.1) is 0 Å². The van der Waals surface area contributed by atoms with Gasteiger partial charge in [-0.1, -0.05) is 19.1 Å². The molecule has 0 aliphatic heterocycles. The van der Waals surface area contributed by atoms with Crippen LogP contribution in [0.4, 0.5) is 0 Å². The molecule has 4 nitrogen and oxygen atoms in total. The molecule has 0 aliphatic rings. The lowest BCUT2D eigenvalue weighted by molar-refractivity contribution is -0.118. The molecule has 0 unspecified atom stereocenters. The molecule has 19 heavy (non-hydrogen) atoms. The number of methoxy groups -OCH3 is 2. The zero-order valence-corrected chi connectivity index (χ0v) is 12.5. The van der Waals surface area contributed by atoms with Crippen molar-refractivity contribution in [1.29, 1.82) is 0 Å². The molecule has 1 aromatic carbocycles. The van der Waals surface area contributed by atoms with E-state index < -0.39 is 0 Å². The van der Waals surface area contributed by atoms with Gasteiger partial charge in [-0.3, -0.25) is 4.79 Å². The topological polar surface area (TPSA) is 47.6 Å². The van der Waals surface area contributed by atoms with Gasteiger partial charge in [-0.25, -0.2) is 0 Å². The van der Waals surface area contributed by atoms with E-state index in [1.807, 2.05) is 31.2 Å². The van der Waals surface area contributed by atoms with Gasteiger partial charge in [-0.15, -0.1) is 11.8 Å². The van der Waals surface area contributed by atoms with E-state index in [1.165, 1.54) is 11.8 Å². The maximum atomic E-state index is 11.5. The van der Waals surface area contributed by atoms with Gasteiger partial charge in [0.25, 0.3) is 0 Å². The number of thioether (sulfide) groups is 1. The largest absolute Gasteiger partial charge is 0.355 e. The molecular formula is C14H21NO3S. The fourth-order valence-corrected chi connectivity index (χ4v) is 2.28. The smallest absolute Gasteiger partial charge is 0.230 e. The van der Waals surface area contributed by atoms with Gasteiger partial charge >= 0.3 is 0 Å². The van der Waals surface area contributed by atoms with Crippen LogP contribution < -0.4 is 5.32 Å². The molecule has 106 valence electrons. The predicted octanol–water partition coefficient (Wildman–Crippen LogP) is 2.60. The Morgan fingerprint density at radius 2 is 1.89 bits per heavy atom. The van der Waals surface area contributed by atoms with Gasteiger partial charge < -0.3 is 14.8 Å². The molecule has 5 heteroatoms. The number of carbonyl (C=O) groups excluding carboxylic acids is 1. The maximum Gasteiger partial charge on any atom is 0.230 e. The summed E-state index contributed by atoms with van der Waals surface area (Å²) >= 11 is 1.52. The molecule has 1 amide bonds. The first-order valence-electron chi connectivity index (χ1n) is 6.26. The summed E-state index contributed by atoms with van der Waals surface area (Å²) in [6, 6.07) is 7.84. The second-order valence-electron chi connectivity index (χ2n) is 4.01. The van der Waals surface area contributed by atoms with Gasteiger partial charge in [-0.2, -0.15) is 0 Å². The van der Waals surface area contributed by atoms with Crippen molar-refractivity contribution in [3.05, 3.63) is 29.8 Å². The number of carbonyl (C=O) groups is 1. The Morgan fingerprint density at radius 3 is 2.42 bits per heavy atom. The van der Waals surface area contributed by atoms with Crippen molar-refractivity contribution in [2.45, 2.75) is 24.5 Å². The summed E-state index contributed by atoms with van der Waals surface area (Å²) in [5.74, 6) is 0.514. The Kier molecular flexibility index (Phi) is 7.55. The number of nitrogens with one attached hydrogen (secondary N) is 1. The van der Waals surface area contributed by atoms with E-state index in [2.05, 4.69) is 5.32 Å². The summed E-state index contributed by atoms with van der Waals surface area (Å²) in [6.45, 7) is 2.77. The Labute approximate surface area is 118 Å². The van der Waals surface area contributed by atoms with Crippen LogP contribution in [0.2, 0.25) is 0 Å². The molecule has 0 aromatic heterocycles. The van der Waals surface area contributed by atoms with E-state index in [4.69, 9.17) is 9.47 Å². The van der Waals surface area contributed by atoms with E-state index in [1.54, 1.807) is 14.2 Å². The van der Waals surface area contributed by atoms with Crippen LogP contribution in [0.25, 0.3) is 0 Å². The molecule has 1 rings (SSSR count). The highest BCUT2D eigenvalue weighted by Crippen LogP contribution is 2.22. The van der Waals surface area contributed by atoms with E-state index in [-0.39, 0.29) is 12.2 Å². The highest BCUT2D eigenvalue weighted by Gasteiger charge is 2.08. The van der Waals surface area contributed by atoms with Gasteiger partial charge in [0.1, 0.15) is 0 Å². The molecule has 0 spiro atoms. The monoisotopic (exact) mass is 283 g/mol. The van der Waals surface area contributed by atoms with Crippen LogP contribution >= 0.6 is 11.8 Å². The molecular weight excluding hydrogens is 262 g/mol. The number of rotatable bonds is 8. The van der Waals surface area contributed by atoms with Crippen LogP contribution in [0.15, 0.2) is 29.2 Å². The molecule has 0 bridgehead atoms. The average molecular weight is 283 g/mol. The van der Waals surface area contributed by atoms with Crippen LogP contribution in [0.5, 0.6) is 0 Å². The van der Waals surface area contributed by atoms with Crippen LogP contribution in [-0.4, -0.2) is 32.4 Å². The summed E-state index contributed by atoms with van der Waals surface area (Å²) in [5.41, 5.74) is 0.963. The predicted molar refractivity (Wildman–Crippen MR) is 77.2 cm³/mol. The molecule has 0 saturated heterocycles. The summed E-state index contributed by atoms with van der Waals surface area (Å²) in [6.07, 6.45) is 0.618. The second kappa shape index (κ2) is 8.96. The summed E-state index contributed by atoms with van der Waals surface area (Å²) in [7, 11) is 3.21. The fourth-order valence-electron chi connectivity index (χ4n) is 1.55. The third-order valence-corrected chi connectivity index (χ3v) is 3.53. The van der Waals surface area contributed by atoms with Crippen molar-refractivity contribution in [3.63, 3.8) is 0 Å². The lowest BCUT2D eigenvalue weighted by atomic mass is 10.2. The molecule has 1 N–H and O–H groups in total. The summed E-state index contributed by atoms with van der Waals surface area (Å²) < 4.78 is 10.3. The van der Waals surface area contributed by atoms with Crippen molar-refractivity contribution in [1.82, 2.24) is 5.32 Å². The van der Waals surface area contributed by atoms with Crippen LogP contribution in [-0.2, 0) is 14.3 Å². The minimum Gasteiger partial charge on any atom is -0.355 e. The molecule has 1 aromatic rings. The van der Waals surface area contributed by atoms with E-state index >= 15 is 0 Å². The number of hydrogen-bond donors (Lipinski definition) is 1. The highest BCUT2D eigenvalue weighted by atomic mass is 32.2. The van der Waals surface area contributed by atoms with E-state index in [0.29, 0.717) is 5.75 Å². The quantitative estimate of drug-likeness (QED) is 0.588. The van der Waals surface area contributed by atoms with Gasteiger partial charge in [0, 0.05) is 31.2 Å². The van der Waals surface area contributed by atoms with E-state index in [9.17, 15) is 4.79 Å². The van der Waals surface area contributed by atoms with Gasteiger partial charge in [0.2, 0.25) is 5.91 Å². The third kappa shape index (κ3) is 5.63. The number of amides is 1. The van der Waals surface area contributed by atoms with Gasteiger partial charge in [0.15, 0.2) is 6.29 Å². The minimum absolute atomic E-state index is 0.0718. The van der Waals surface area contributed by atoms with E-state index in [0.717, 1.165) is 23.4 Å². The molecule has 0 aliphatic carbocycles. The first kappa shape index (κ1) is 16.0. The Hall–Kier alpha value is -1.04. The summed E-state index contributed by atoms with van der Waals surface area (Å²) in [4.78, 5) is 12.5. The Balaban J connectivity index is 2.46. The number of ether oxygens (including phenoxy) is 2. The van der Waals surface area contributed by atoms with Crippen molar-refractivity contribution in [3.8, 4) is 0 Å². The first-order valence-corrected chi connectivity index (χ1v) is 7.24. The number of hydrogen-bond acceptors (Lipinski definition) is 4. The van der Waals surface area contributed by atoms with Crippen molar-refractivity contribution >= 4 is 17.7 Å². The highest BCUT2D eigenvalue weighted by molar-refractivity contribution is 8.00. The molecule has 0 heterocycles.